The first-order chi connectivity index (χ1) is 8.55. The summed E-state index contributed by atoms with van der Waals surface area (Å²) in [6, 6.07) is 7.27. The van der Waals surface area contributed by atoms with Crippen molar-refractivity contribution in [2.24, 2.45) is 0 Å². The fourth-order valence-corrected chi connectivity index (χ4v) is 4.57. The molecule has 1 aromatic rings. The molecule has 0 radical (unpaired) electrons. The van der Waals surface area contributed by atoms with Crippen LogP contribution in [-0.4, -0.2) is 25.3 Å². The van der Waals surface area contributed by atoms with Gasteiger partial charge in [-0.15, -0.1) is 0 Å². The third kappa shape index (κ3) is 2.88. The monoisotopic (exact) mass is 379 g/mol. The number of nitrogens with zero attached hydrogens (tertiary/aromatic N) is 1. The van der Waals surface area contributed by atoms with E-state index in [0.29, 0.717) is 11.4 Å². The Hall–Kier alpha value is -0.140. The molecule has 0 bridgehead atoms. The maximum Gasteiger partial charge on any atom is 0.243 e. The summed E-state index contributed by atoms with van der Waals surface area (Å²) < 4.78 is 27.9. The molecule has 1 aliphatic rings. The van der Waals surface area contributed by atoms with Gasteiger partial charge in [0.05, 0.1) is 4.90 Å². The van der Waals surface area contributed by atoms with E-state index < -0.39 is 10.0 Å². The van der Waals surface area contributed by atoms with Crippen molar-refractivity contribution in [1.29, 1.82) is 0 Å². The van der Waals surface area contributed by atoms with Crippen LogP contribution in [0.25, 0.3) is 0 Å². The first kappa shape index (κ1) is 14.3. The van der Waals surface area contributed by atoms with E-state index in [2.05, 4.69) is 29.5 Å². The third-order valence-electron chi connectivity index (χ3n) is 3.46. The van der Waals surface area contributed by atoms with Gasteiger partial charge in [0.1, 0.15) is 0 Å². The quantitative estimate of drug-likeness (QED) is 0.757. The average molecular weight is 379 g/mol. The Bertz CT molecular complexity index is 498. The minimum atomic E-state index is -3.31. The fourth-order valence-electron chi connectivity index (χ4n) is 2.44. The highest BCUT2D eigenvalue weighted by Gasteiger charge is 2.32. The van der Waals surface area contributed by atoms with Crippen LogP contribution in [0, 0.1) is 3.57 Å². The van der Waals surface area contributed by atoms with Gasteiger partial charge in [0, 0.05) is 16.2 Å². The zero-order chi connectivity index (χ0) is 13.2. The molecule has 1 saturated heterocycles. The lowest BCUT2D eigenvalue weighted by Gasteiger charge is -2.34. The third-order valence-corrected chi connectivity index (χ3v) is 6.15. The molecule has 0 aliphatic carbocycles. The molecule has 0 N–H and O–H groups in total. The van der Waals surface area contributed by atoms with E-state index in [4.69, 9.17) is 0 Å². The second-order valence-electron chi connectivity index (χ2n) is 4.63. The molecule has 0 saturated carbocycles. The standard InChI is InChI=1S/C13H18INO2S/c1-2-12-5-3-4-10-15(12)18(16,17)13-8-6-11(14)7-9-13/h6-9,12H,2-5,10H2,1H3. The highest BCUT2D eigenvalue weighted by Crippen LogP contribution is 2.27. The predicted octanol–water partition coefficient (Wildman–Crippen LogP) is 3.24. The van der Waals surface area contributed by atoms with Crippen LogP contribution in [0.4, 0.5) is 0 Å². The van der Waals surface area contributed by atoms with Crippen LogP contribution in [0.3, 0.4) is 0 Å². The molecule has 5 heteroatoms. The van der Waals surface area contributed by atoms with Crippen LogP contribution in [0.2, 0.25) is 0 Å². The highest BCUT2D eigenvalue weighted by atomic mass is 127. The van der Waals surface area contributed by atoms with Crippen molar-refractivity contribution in [2.75, 3.05) is 6.54 Å². The maximum absolute atomic E-state index is 12.6. The Balaban J connectivity index is 2.32. The summed E-state index contributed by atoms with van der Waals surface area (Å²) in [5.74, 6) is 0. The lowest BCUT2D eigenvalue weighted by Crippen LogP contribution is -2.43. The molecule has 1 fully saturated rings. The van der Waals surface area contributed by atoms with E-state index in [1.807, 2.05) is 12.1 Å². The molecule has 0 aromatic heterocycles. The van der Waals surface area contributed by atoms with Gasteiger partial charge >= 0.3 is 0 Å². The normalized spacial score (nSPS) is 22.0. The Morgan fingerprint density at radius 3 is 2.56 bits per heavy atom. The predicted molar refractivity (Wildman–Crippen MR) is 81.0 cm³/mol. The summed E-state index contributed by atoms with van der Waals surface area (Å²) in [4.78, 5) is 0.420. The minimum absolute atomic E-state index is 0.169. The van der Waals surface area contributed by atoms with Gasteiger partial charge in [0.15, 0.2) is 0 Å². The second kappa shape index (κ2) is 5.88. The Kier molecular flexibility index (Phi) is 4.66. The van der Waals surface area contributed by atoms with Gasteiger partial charge < -0.3 is 0 Å². The summed E-state index contributed by atoms with van der Waals surface area (Å²) in [5.41, 5.74) is 0. The van der Waals surface area contributed by atoms with Gasteiger partial charge in [0.25, 0.3) is 0 Å². The Morgan fingerprint density at radius 1 is 1.28 bits per heavy atom. The van der Waals surface area contributed by atoms with Crippen LogP contribution >= 0.6 is 22.6 Å². The minimum Gasteiger partial charge on any atom is -0.207 e. The average Bonchev–Trinajstić information content (AvgIpc) is 2.39. The van der Waals surface area contributed by atoms with Crippen LogP contribution < -0.4 is 0 Å². The van der Waals surface area contributed by atoms with Crippen molar-refractivity contribution >= 4 is 32.6 Å². The van der Waals surface area contributed by atoms with Gasteiger partial charge in [-0.25, -0.2) is 8.42 Å². The number of hydrogen-bond acceptors (Lipinski definition) is 2. The molecule has 0 spiro atoms. The van der Waals surface area contributed by atoms with E-state index in [1.165, 1.54) is 0 Å². The Morgan fingerprint density at radius 2 is 1.94 bits per heavy atom. The molecule has 0 amide bonds. The highest BCUT2D eigenvalue weighted by molar-refractivity contribution is 14.1. The van der Waals surface area contributed by atoms with E-state index in [1.54, 1.807) is 16.4 Å². The largest absolute Gasteiger partial charge is 0.243 e. The first-order valence-corrected chi connectivity index (χ1v) is 8.85. The molecule has 1 heterocycles. The van der Waals surface area contributed by atoms with Crippen LogP contribution in [0.5, 0.6) is 0 Å². The number of halogens is 1. The fraction of sp³-hybridized carbons (Fsp3) is 0.538. The molecule has 3 nitrogen and oxygen atoms in total. The smallest absolute Gasteiger partial charge is 0.207 e. The van der Waals surface area contributed by atoms with Crippen LogP contribution in [0.15, 0.2) is 29.2 Å². The molecule has 2 rings (SSSR count). The number of hydrogen-bond donors (Lipinski definition) is 0. The number of benzene rings is 1. The molecule has 1 atom stereocenters. The lowest BCUT2D eigenvalue weighted by atomic mass is 10.0. The number of rotatable bonds is 3. The lowest BCUT2D eigenvalue weighted by molar-refractivity contribution is 0.246. The number of sulfonamides is 1. The second-order valence-corrected chi connectivity index (χ2v) is 7.76. The van der Waals surface area contributed by atoms with Crippen molar-refractivity contribution in [3.05, 3.63) is 27.8 Å². The molecule has 1 aliphatic heterocycles. The molecule has 18 heavy (non-hydrogen) atoms. The van der Waals surface area contributed by atoms with E-state index >= 15 is 0 Å². The Labute approximate surface area is 123 Å². The zero-order valence-corrected chi connectivity index (χ0v) is 13.4. The summed E-state index contributed by atoms with van der Waals surface area (Å²) in [7, 11) is -3.31. The topological polar surface area (TPSA) is 37.4 Å². The maximum atomic E-state index is 12.6. The van der Waals surface area contributed by atoms with E-state index in [9.17, 15) is 8.42 Å². The van der Waals surface area contributed by atoms with Gasteiger partial charge in [0.2, 0.25) is 10.0 Å². The van der Waals surface area contributed by atoms with Crippen LogP contribution in [0.1, 0.15) is 32.6 Å². The molecular formula is C13H18INO2S. The number of piperidine rings is 1. The zero-order valence-electron chi connectivity index (χ0n) is 10.5. The van der Waals surface area contributed by atoms with Crippen molar-refractivity contribution in [1.82, 2.24) is 4.31 Å². The van der Waals surface area contributed by atoms with Gasteiger partial charge in [-0.05, 0) is 66.1 Å². The summed E-state index contributed by atoms with van der Waals surface area (Å²) in [5, 5.41) is 0. The summed E-state index contributed by atoms with van der Waals surface area (Å²) >= 11 is 2.18. The molecule has 1 unspecified atom stereocenters. The summed E-state index contributed by atoms with van der Waals surface area (Å²) in [6.07, 6.45) is 3.99. The first-order valence-electron chi connectivity index (χ1n) is 6.33. The van der Waals surface area contributed by atoms with Crippen molar-refractivity contribution in [3.63, 3.8) is 0 Å². The SMILES string of the molecule is CCC1CCCCN1S(=O)(=O)c1ccc(I)cc1. The van der Waals surface area contributed by atoms with Crippen molar-refractivity contribution < 1.29 is 8.42 Å². The van der Waals surface area contributed by atoms with Crippen LogP contribution in [-0.2, 0) is 10.0 Å². The molecule has 1 aromatic carbocycles. The van der Waals surface area contributed by atoms with E-state index in [0.717, 1.165) is 29.3 Å². The molecular weight excluding hydrogens is 361 g/mol. The van der Waals surface area contributed by atoms with Gasteiger partial charge in [-0.2, -0.15) is 4.31 Å². The van der Waals surface area contributed by atoms with Gasteiger partial charge in [-0.1, -0.05) is 13.3 Å². The van der Waals surface area contributed by atoms with Crippen molar-refractivity contribution in [2.45, 2.75) is 43.5 Å². The summed E-state index contributed by atoms with van der Waals surface area (Å²) in [6.45, 7) is 2.72. The molecule has 100 valence electrons. The van der Waals surface area contributed by atoms with E-state index in [-0.39, 0.29) is 6.04 Å². The van der Waals surface area contributed by atoms with Gasteiger partial charge in [-0.3, -0.25) is 0 Å². The van der Waals surface area contributed by atoms with Crippen molar-refractivity contribution in [3.8, 4) is 0 Å².